The molecule has 8 heteroatoms. The van der Waals surface area contributed by atoms with Crippen LogP contribution in [0.15, 0.2) is 24.3 Å². The molecule has 0 bridgehead atoms. The van der Waals surface area contributed by atoms with Gasteiger partial charge in [0.25, 0.3) is 0 Å². The molecule has 0 heterocycles. The first-order chi connectivity index (χ1) is 10.7. The number of amides is 2. The van der Waals surface area contributed by atoms with Crippen molar-refractivity contribution in [1.29, 1.82) is 0 Å². The summed E-state index contributed by atoms with van der Waals surface area (Å²) in [6, 6.07) is 5.38. The Morgan fingerprint density at radius 1 is 1.26 bits per heavy atom. The number of benzene rings is 1. The zero-order valence-corrected chi connectivity index (χ0v) is 12.6. The van der Waals surface area contributed by atoms with Crippen LogP contribution in [0.25, 0.3) is 0 Å². The van der Waals surface area contributed by atoms with Gasteiger partial charge in [-0.25, -0.2) is 4.39 Å². The Labute approximate surface area is 131 Å². The fraction of sp³-hybridized carbons (Fsp3) is 0.467. The highest BCUT2D eigenvalue weighted by atomic mass is 19.4. The van der Waals surface area contributed by atoms with E-state index in [2.05, 4.69) is 5.32 Å². The summed E-state index contributed by atoms with van der Waals surface area (Å²) in [6.07, 6.45) is -4.27. The third-order valence-electron chi connectivity index (χ3n) is 2.91. The summed E-state index contributed by atoms with van der Waals surface area (Å²) in [5, 5.41) is 2.26. The number of alkyl halides is 3. The summed E-state index contributed by atoms with van der Waals surface area (Å²) < 4.78 is 50.2. The van der Waals surface area contributed by atoms with Gasteiger partial charge in [0.2, 0.25) is 11.8 Å². The lowest BCUT2D eigenvalue weighted by Gasteiger charge is -2.23. The quantitative estimate of drug-likeness (QED) is 0.778. The van der Waals surface area contributed by atoms with E-state index in [1.807, 2.05) is 0 Å². The lowest BCUT2D eigenvalue weighted by molar-refractivity contribution is -0.160. The van der Waals surface area contributed by atoms with E-state index in [0.29, 0.717) is 16.9 Å². The second-order valence-corrected chi connectivity index (χ2v) is 5.01. The second kappa shape index (κ2) is 8.50. The van der Waals surface area contributed by atoms with Gasteiger partial charge in [0.1, 0.15) is 12.4 Å². The predicted molar refractivity (Wildman–Crippen MR) is 76.0 cm³/mol. The van der Waals surface area contributed by atoms with Crippen molar-refractivity contribution in [2.45, 2.75) is 25.9 Å². The van der Waals surface area contributed by atoms with Crippen LogP contribution in [-0.2, 0) is 16.0 Å². The van der Waals surface area contributed by atoms with Crippen molar-refractivity contribution >= 4 is 11.8 Å². The minimum Gasteiger partial charge on any atom is -0.347 e. The zero-order chi connectivity index (χ0) is 17.5. The van der Waals surface area contributed by atoms with Gasteiger partial charge in [0.15, 0.2) is 0 Å². The number of hydrogen-bond donors (Lipinski definition) is 1. The largest absolute Gasteiger partial charge is 0.406 e. The normalized spacial score (nSPS) is 11.2. The van der Waals surface area contributed by atoms with Gasteiger partial charge in [-0.2, -0.15) is 13.2 Å². The fourth-order valence-electron chi connectivity index (χ4n) is 1.96. The van der Waals surface area contributed by atoms with Crippen LogP contribution in [-0.4, -0.2) is 42.5 Å². The van der Waals surface area contributed by atoms with Crippen molar-refractivity contribution in [2.75, 3.05) is 19.6 Å². The molecule has 0 aromatic heterocycles. The average molecular weight is 334 g/mol. The van der Waals surface area contributed by atoms with E-state index in [0.717, 1.165) is 0 Å². The molecule has 1 aromatic rings. The van der Waals surface area contributed by atoms with Gasteiger partial charge in [-0.15, -0.1) is 0 Å². The number of halogens is 4. The molecular formula is C15H18F4N2O2. The van der Waals surface area contributed by atoms with Gasteiger partial charge in [0, 0.05) is 6.54 Å². The van der Waals surface area contributed by atoms with Crippen molar-refractivity contribution in [3.05, 3.63) is 35.6 Å². The molecule has 128 valence electrons. The predicted octanol–water partition coefficient (Wildman–Crippen LogP) is 2.29. The van der Waals surface area contributed by atoms with Crippen LogP contribution in [0.3, 0.4) is 0 Å². The highest BCUT2D eigenvalue weighted by Crippen LogP contribution is 2.16. The molecule has 1 N–H and O–H groups in total. The molecule has 0 unspecified atom stereocenters. The summed E-state index contributed by atoms with van der Waals surface area (Å²) in [4.78, 5) is 24.1. The van der Waals surface area contributed by atoms with Crippen molar-refractivity contribution in [1.82, 2.24) is 10.2 Å². The second-order valence-electron chi connectivity index (χ2n) is 5.01. The molecule has 0 saturated carbocycles. The summed E-state index contributed by atoms with van der Waals surface area (Å²) in [5.74, 6) is -1.87. The molecule has 0 aliphatic rings. The number of nitrogens with one attached hydrogen (secondary N) is 1. The van der Waals surface area contributed by atoms with Gasteiger partial charge in [0.05, 0.1) is 13.0 Å². The summed E-state index contributed by atoms with van der Waals surface area (Å²) >= 11 is 0. The van der Waals surface area contributed by atoms with Crippen LogP contribution in [0.5, 0.6) is 0 Å². The van der Waals surface area contributed by atoms with Gasteiger partial charge in [-0.1, -0.05) is 19.1 Å². The van der Waals surface area contributed by atoms with E-state index in [1.54, 1.807) is 6.92 Å². The Morgan fingerprint density at radius 3 is 2.52 bits per heavy atom. The molecule has 0 fully saturated rings. The van der Waals surface area contributed by atoms with Crippen LogP contribution in [0.1, 0.15) is 18.9 Å². The number of rotatable bonds is 7. The number of hydrogen-bond acceptors (Lipinski definition) is 2. The van der Waals surface area contributed by atoms with E-state index in [-0.39, 0.29) is 13.0 Å². The Balaban J connectivity index is 2.51. The summed E-state index contributed by atoms with van der Waals surface area (Å²) in [7, 11) is 0. The monoisotopic (exact) mass is 334 g/mol. The van der Waals surface area contributed by atoms with E-state index in [1.165, 1.54) is 24.3 Å². The maximum Gasteiger partial charge on any atom is 0.406 e. The maximum absolute atomic E-state index is 13.0. The molecule has 23 heavy (non-hydrogen) atoms. The van der Waals surface area contributed by atoms with Gasteiger partial charge >= 0.3 is 6.18 Å². The number of carbonyl (C=O) groups is 2. The average Bonchev–Trinajstić information content (AvgIpc) is 2.43. The van der Waals surface area contributed by atoms with Crippen LogP contribution in [0.4, 0.5) is 17.6 Å². The topological polar surface area (TPSA) is 49.4 Å². The van der Waals surface area contributed by atoms with Gasteiger partial charge in [-0.3, -0.25) is 9.59 Å². The highest BCUT2D eigenvalue weighted by Gasteiger charge is 2.32. The SMILES string of the molecule is CCCN(CC(F)(F)F)C(=O)CNC(=O)Cc1cccc(F)c1. The van der Waals surface area contributed by atoms with Crippen LogP contribution in [0.2, 0.25) is 0 Å². The minimum atomic E-state index is -4.49. The van der Waals surface area contributed by atoms with Gasteiger partial charge < -0.3 is 10.2 Å². The molecular weight excluding hydrogens is 316 g/mol. The van der Waals surface area contributed by atoms with Crippen molar-refractivity contribution in [3.8, 4) is 0 Å². The zero-order valence-electron chi connectivity index (χ0n) is 12.6. The standard InChI is InChI=1S/C15H18F4N2O2/c1-2-6-21(10-15(17,18)19)14(23)9-20-13(22)8-11-4-3-5-12(16)7-11/h3-5,7H,2,6,8-10H2,1H3,(H,20,22). The van der Waals surface area contributed by atoms with E-state index < -0.39 is 36.9 Å². The molecule has 0 aliphatic carbocycles. The lowest BCUT2D eigenvalue weighted by atomic mass is 10.1. The summed E-state index contributed by atoms with van der Waals surface area (Å²) in [6.45, 7) is -0.263. The van der Waals surface area contributed by atoms with Crippen LogP contribution in [0, 0.1) is 5.82 Å². The Bertz CT molecular complexity index is 547. The van der Waals surface area contributed by atoms with Crippen LogP contribution < -0.4 is 5.32 Å². The Kier molecular flexibility index (Phi) is 6.99. The summed E-state index contributed by atoms with van der Waals surface area (Å²) in [5.41, 5.74) is 0.413. The fourth-order valence-corrected chi connectivity index (χ4v) is 1.96. The highest BCUT2D eigenvalue weighted by molar-refractivity contribution is 5.85. The Hall–Kier alpha value is -2.12. The maximum atomic E-state index is 13.0. The molecule has 0 saturated heterocycles. The third kappa shape index (κ3) is 7.62. The van der Waals surface area contributed by atoms with Crippen molar-refractivity contribution < 1.29 is 27.2 Å². The van der Waals surface area contributed by atoms with Crippen molar-refractivity contribution in [2.24, 2.45) is 0 Å². The first kappa shape index (κ1) is 18.9. The third-order valence-corrected chi connectivity index (χ3v) is 2.91. The molecule has 1 rings (SSSR count). The molecule has 4 nitrogen and oxygen atoms in total. The molecule has 0 atom stereocenters. The van der Waals surface area contributed by atoms with E-state index in [9.17, 15) is 27.2 Å². The van der Waals surface area contributed by atoms with Crippen LogP contribution >= 0.6 is 0 Å². The molecule has 0 radical (unpaired) electrons. The molecule has 2 amide bonds. The number of nitrogens with zero attached hydrogens (tertiary/aromatic N) is 1. The minimum absolute atomic E-state index is 0.0435. The number of carbonyl (C=O) groups excluding carboxylic acids is 2. The smallest absolute Gasteiger partial charge is 0.347 e. The van der Waals surface area contributed by atoms with Crippen molar-refractivity contribution in [3.63, 3.8) is 0 Å². The molecule has 0 spiro atoms. The van der Waals surface area contributed by atoms with E-state index >= 15 is 0 Å². The van der Waals surface area contributed by atoms with E-state index in [4.69, 9.17) is 0 Å². The molecule has 1 aromatic carbocycles. The first-order valence-corrected chi connectivity index (χ1v) is 7.07. The van der Waals surface area contributed by atoms with Gasteiger partial charge in [-0.05, 0) is 24.1 Å². The molecule has 0 aliphatic heterocycles. The first-order valence-electron chi connectivity index (χ1n) is 7.07. The lowest BCUT2D eigenvalue weighted by Crippen LogP contribution is -2.45. The Morgan fingerprint density at radius 2 is 1.96 bits per heavy atom.